The molecule has 0 aliphatic carbocycles. The van der Waals surface area contributed by atoms with Crippen LogP contribution in [0.1, 0.15) is 26.3 Å². The van der Waals surface area contributed by atoms with Crippen molar-refractivity contribution < 1.29 is 9.59 Å². The van der Waals surface area contributed by atoms with Gasteiger partial charge in [0.15, 0.2) is 0 Å². The van der Waals surface area contributed by atoms with Crippen molar-refractivity contribution in [1.29, 1.82) is 0 Å². The van der Waals surface area contributed by atoms with E-state index >= 15 is 0 Å². The third-order valence-corrected chi connectivity index (χ3v) is 5.12. The average Bonchev–Trinajstić information content (AvgIpc) is 2.72. The van der Waals surface area contributed by atoms with Gasteiger partial charge >= 0.3 is 0 Å². The summed E-state index contributed by atoms with van der Waals surface area (Å²) >= 11 is 0. The Bertz CT molecular complexity index is 1000. The Morgan fingerprint density at radius 3 is 1.89 bits per heavy atom. The molecule has 136 valence electrons. The minimum Gasteiger partial charge on any atom is -0.335 e. The summed E-state index contributed by atoms with van der Waals surface area (Å²) in [5, 5.41) is 2.19. The first-order valence-electron chi connectivity index (χ1n) is 9.26. The van der Waals surface area contributed by atoms with E-state index in [1.54, 1.807) is 0 Å². The average molecular weight is 358 g/mol. The van der Waals surface area contributed by atoms with Gasteiger partial charge in [0.1, 0.15) is 0 Å². The van der Waals surface area contributed by atoms with E-state index in [9.17, 15) is 9.59 Å². The number of benzene rings is 3. The second-order valence-corrected chi connectivity index (χ2v) is 7.02. The van der Waals surface area contributed by atoms with Crippen molar-refractivity contribution in [3.8, 4) is 0 Å². The molecular formula is C23H22N2O2. The van der Waals surface area contributed by atoms with Crippen molar-refractivity contribution in [2.45, 2.75) is 6.92 Å². The molecule has 2 amide bonds. The van der Waals surface area contributed by atoms with Crippen LogP contribution in [0.3, 0.4) is 0 Å². The Hall–Kier alpha value is -3.14. The van der Waals surface area contributed by atoms with Crippen LogP contribution in [0.5, 0.6) is 0 Å². The Morgan fingerprint density at radius 2 is 1.26 bits per heavy atom. The van der Waals surface area contributed by atoms with Crippen LogP contribution in [0, 0.1) is 6.92 Å². The first kappa shape index (κ1) is 17.3. The Balaban J connectivity index is 1.43. The minimum atomic E-state index is 0.0309. The summed E-state index contributed by atoms with van der Waals surface area (Å²) in [5.74, 6) is 0.0694. The van der Waals surface area contributed by atoms with Gasteiger partial charge in [-0.05, 0) is 42.0 Å². The molecule has 4 nitrogen and oxygen atoms in total. The van der Waals surface area contributed by atoms with Gasteiger partial charge in [0, 0.05) is 37.3 Å². The van der Waals surface area contributed by atoms with Gasteiger partial charge in [-0.25, -0.2) is 0 Å². The largest absolute Gasteiger partial charge is 0.335 e. The highest BCUT2D eigenvalue weighted by Crippen LogP contribution is 2.18. The lowest BCUT2D eigenvalue weighted by molar-refractivity contribution is 0.0535. The molecule has 1 saturated heterocycles. The van der Waals surface area contributed by atoms with Crippen LogP contribution in [0.4, 0.5) is 0 Å². The predicted octanol–water partition coefficient (Wildman–Crippen LogP) is 3.75. The second-order valence-electron chi connectivity index (χ2n) is 7.02. The molecule has 0 bridgehead atoms. The summed E-state index contributed by atoms with van der Waals surface area (Å²) in [5.41, 5.74) is 2.49. The van der Waals surface area contributed by atoms with E-state index in [1.165, 1.54) is 0 Å². The third kappa shape index (κ3) is 3.56. The maximum Gasteiger partial charge on any atom is 0.253 e. The zero-order valence-electron chi connectivity index (χ0n) is 15.4. The number of carbonyl (C=O) groups excluding carboxylic acids is 2. The first-order chi connectivity index (χ1) is 13.1. The highest BCUT2D eigenvalue weighted by atomic mass is 16.2. The topological polar surface area (TPSA) is 40.6 Å². The summed E-state index contributed by atoms with van der Waals surface area (Å²) in [7, 11) is 0. The number of carbonyl (C=O) groups is 2. The number of hydrogen-bond donors (Lipinski definition) is 0. The highest BCUT2D eigenvalue weighted by Gasteiger charge is 2.25. The Morgan fingerprint density at radius 1 is 0.667 bits per heavy atom. The zero-order chi connectivity index (χ0) is 18.8. The van der Waals surface area contributed by atoms with Crippen molar-refractivity contribution in [3.05, 3.63) is 83.4 Å². The Labute approximate surface area is 159 Å². The van der Waals surface area contributed by atoms with Crippen LogP contribution in [0.15, 0.2) is 66.7 Å². The molecule has 1 fully saturated rings. The molecule has 1 aliphatic heterocycles. The van der Waals surface area contributed by atoms with E-state index in [-0.39, 0.29) is 11.8 Å². The van der Waals surface area contributed by atoms with Crippen LogP contribution in [-0.4, -0.2) is 47.8 Å². The molecule has 0 saturated carbocycles. The molecular weight excluding hydrogens is 336 g/mol. The number of amides is 2. The summed E-state index contributed by atoms with van der Waals surface area (Å²) in [6.07, 6.45) is 0. The molecule has 0 radical (unpaired) electrons. The molecule has 0 spiro atoms. The molecule has 3 aromatic carbocycles. The fraction of sp³-hybridized carbons (Fsp3) is 0.217. The number of aryl methyl sites for hydroxylation is 1. The molecule has 3 aromatic rings. The van der Waals surface area contributed by atoms with Crippen LogP contribution in [0.25, 0.3) is 10.8 Å². The highest BCUT2D eigenvalue weighted by molar-refractivity contribution is 5.99. The molecule has 4 rings (SSSR count). The quantitative estimate of drug-likeness (QED) is 0.700. The van der Waals surface area contributed by atoms with Crippen LogP contribution >= 0.6 is 0 Å². The molecule has 0 atom stereocenters. The number of fused-ring (bicyclic) bond motifs is 1. The SMILES string of the molecule is Cc1cccc(C(=O)N2CCN(C(=O)c3ccc4ccccc4c3)CC2)c1. The van der Waals surface area contributed by atoms with Gasteiger partial charge in [-0.1, -0.05) is 48.0 Å². The van der Waals surface area contributed by atoms with Gasteiger partial charge in [-0.2, -0.15) is 0 Å². The first-order valence-corrected chi connectivity index (χ1v) is 9.26. The summed E-state index contributed by atoms with van der Waals surface area (Å²) < 4.78 is 0. The van der Waals surface area contributed by atoms with Crippen molar-refractivity contribution in [2.75, 3.05) is 26.2 Å². The fourth-order valence-electron chi connectivity index (χ4n) is 3.58. The van der Waals surface area contributed by atoms with Gasteiger partial charge < -0.3 is 9.80 Å². The smallest absolute Gasteiger partial charge is 0.253 e. The normalized spacial score (nSPS) is 14.4. The van der Waals surface area contributed by atoms with E-state index in [2.05, 4.69) is 0 Å². The summed E-state index contributed by atoms with van der Waals surface area (Å²) in [6.45, 7) is 4.22. The van der Waals surface area contributed by atoms with E-state index in [4.69, 9.17) is 0 Å². The molecule has 4 heteroatoms. The lowest BCUT2D eigenvalue weighted by Crippen LogP contribution is -2.50. The van der Waals surface area contributed by atoms with Crippen LogP contribution < -0.4 is 0 Å². The minimum absolute atomic E-state index is 0.0309. The molecule has 1 heterocycles. The van der Waals surface area contributed by atoms with Gasteiger partial charge in [0.25, 0.3) is 11.8 Å². The van der Waals surface area contributed by atoms with Crippen LogP contribution in [-0.2, 0) is 0 Å². The molecule has 1 aliphatic rings. The van der Waals surface area contributed by atoms with E-state index < -0.39 is 0 Å². The molecule has 27 heavy (non-hydrogen) atoms. The lowest BCUT2D eigenvalue weighted by Gasteiger charge is -2.35. The molecule has 0 aromatic heterocycles. The summed E-state index contributed by atoms with van der Waals surface area (Å²) in [4.78, 5) is 29.2. The predicted molar refractivity (Wildman–Crippen MR) is 107 cm³/mol. The Kier molecular flexibility index (Phi) is 4.63. The van der Waals surface area contributed by atoms with Gasteiger partial charge in [0.05, 0.1) is 0 Å². The fourth-order valence-corrected chi connectivity index (χ4v) is 3.58. The van der Waals surface area contributed by atoms with Crippen LogP contribution in [0.2, 0.25) is 0 Å². The monoisotopic (exact) mass is 358 g/mol. The van der Waals surface area contributed by atoms with E-state index in [1.807, 2.05) is 83.5 Å². The van der Waals surface area contributed by atoms with Gasteiger partial charge in [-0.15, -0.1) is 0 Å². The standard InChI is InChI=1S/C23H22N2O2/c1-17-5-4-8-20(15-17)22(26)24-11-13-25(14-12-24)23(27)21-10-9-18-6-2-3-7-19(18)16-21/h2-10,15-16H,11-14H2,1H3. The maximum absolute atomic E-state index is 12.9. The number of rotatable bonds is 2. The molecule has 0 N–H and O–H groups in total. The van der Waals surface area contributed by atoms with E-state index in [0.717, 1.165) is 16.3 Å². The van der Waals surface area contributed by atoms with Gasteiger partial charge in [-0.3, -0.25) is 9.59 Å². The van der Waals surface area contributed by atoms with Gasteiger partial charge in [0.2, 0.25) is 0 Å². The third-order valence-electron chi connectivity index (χ3n) is 5.12. The van der Waals surface area contributed by atoms with E-state index in [0.29, 0.717) is 37.3 Å². The maximum atomic E-state index is 12.9. The second kappa shape index (κ2) is 7.23. The lowest BCUT2D eigenvalue weighted by atomic mass is 10.1. The van der Waals surface area contributed by atoms with Crippen molar-refractivity contribution in [2.24, 2.45) is 0 Å². The number of hydrogen-bond acceptors (Lipinski definition) is 2. The van der Waals surface area contributed by atoms with Crippen molar-refractivity contribution >= 4 is 22.6 Å². The number of piperazine rings is 1. The number of nitrogens with zero attached hydrogens (tertiary/aromatic N) is 2. The molecule has 0 unspecified atom stereocenters. The van der Waals surface area contributed by atoms with Crippen molar-refractivity contribution in [3.63, 3.8) is 0 Å². The zero-order valence-corrected chi connectivity index (χ0v) is 15.4. The van der Waals surface area contributed by atoms with Crippen molar-refractivity contribution in [1.82, 2.24) is 9.80 Å². The summed E-state index contributed by atoms with van der Waals surface area (Å²) in [6, 6.07) is 21.5.